The molecule has 1 unspecified atom stereocenters. The van der Waals surface area contributed by atoms with Crippen molar-refractivity contribution in [2.45, 2.75) is 32.3 Å². The normalized spacial score (nSPS) is 19.1. The molecule has 1 fully saturated rings. The van der Waals surface area contributed by atoms with E-state index in [4.69, 9.17) is 19.4 Å². The van der Waals surface area contributed by atoms with Crippen molar-refractivity contribution in [3.05, 3.63) is 23.8 Å². The second-order valence-corrected chi connectivity index (χ2v) is 4.82. The summed E-state index contributed by atoms with van der Waals surface area (Å²) in [6.07, 6.45) is 3.47. The predicted molar refractivity (Wildman–Crippen MR) is 76.1 cm³/mol. The molecule has 1 heterocycles. The Labute approximate surface area is 119 Å². The zero-order chi connectivity index (χ0) is 14.4. The third-order valence-corrected chi connectivity index (χ3v) is 3.45. The Kier molecular flexibility index (Phi) is 5.24. The zero-order valence-electron chi connectivity index (χ0n) is 12.0. The largest absolute Gasteiger partial charge is 0.493 e. The van der Waals surface area contributed by atoms with Gasteiger partial charge in [-0.3, -0.25) is 0 Å². The molecule has 0 spiro atoms. The molecule has 5 nitrogen and oxygen atoms in total. The lowest BCUT2D eigenvalue weighted by atomic mass is 10.1. The van der Waals surface area contributed by atoms with Crippen LogP contribution in [0.2, 0.25) is 0 Å². The van der Waals surface area contributed by atoms with E-state index in [0.717, 1.165) is 31.4 Å². The Hall–Kier alpha value is -1.75. The Balaban J connectivity index is 1.96. The Morgan fingerprint density at radius 3 is 2.95 bits per heavy atom. The first-order chi connectivity index (χ1) is 9.74. The van der Waals surface area contributed by atoms with Crippen LogP contribution >= 0.6 is 0 Å². The summed E-state index contributed by atoms with van der Waals surface area (Å²) in [5, 5.41) is 12.0. The monoisotopic (exact) mass is 279 g/mol. The van der Waals surface area contributed by atoms with Crippen LogP contribution in [0.4, 0.5) is 0 Å². The van der Waals surface area contributed by atoms with Crippen molar-refractivity contribution >= 4 is 5.71 Å². The Morgan fingerprint density at radius 2 is 2.30 bits per heavy atom. The molecular weight excluding hydrogens is 258 g/mol. The number of oxime groups is 1. The molecule has 1 aromatic rings. The van der Waals surface area contributed by atoms with E-state index < -0.39 is 0 Å². The number of nitrogens with zero attached hydrogens (tertiary/aromatic N) is 1. The van der Waals surface area contributed by atoms with Crippen molar-refractivity contribution in [1.82, 2.24) is 0 Å². The fourth-order valence-electron chi connectivity index (χ4n) is 2.24. The van der Waals surface area contributed by atoms with E-state index in [1.807, 2.05) is 12.1 Å². The molecule has 0 aliphatic carbocycles. The number of methoxy groups -OCH3 is 1. The SMILES string of the molecule is COc1cc(C(C)=NO)ccc1OCCC1CCCO1. The van der Waals surface area contributed by atoms with Gasteiger partial charge in [-0.05, 0) is 38.0 Å². The lowest BCUT2D eigenvalue weighted by Gasteiger charge is -2.14. The molecule has 0 amide bonds. The van der Waals surface area contributed by atoms with E-state index in [0.29, 0.717) is 29.9 Å². The maximum absolute atomic E-state index is 8.79. The molecule has 1 aliphatic rings. The van der Waals surface area contributed by atoms with Crippen LogP contribution < -0.4 is 9.47 Å². The topological polar surface area (TPSA) is 60.3 Å². The van der Waals surface area contributed by atoms with Crippen LogP contribution in [0, 0.1) is 0 Å². The van der Waals surface area contributed by atoms with Crippen LogP contribution in [-0.2, 0) is 4.74 Å². The van der Waals surface area contributed by atoms with Gasteiger partial charge in [0.05, 0.1) is 25.5 Å². The fourth-order valence-corrected chi connectivity index (χ4v) is 2.24. The molecule has 110 valence electrons. The molecule has 0 bridgehead atoms. The van der Waals surface area contributed by atoms with Crippen molar-refractivity contribution in [1.29, 1.82) is 0 Å². The second kappa shape index (κ2) is 7.14. The molecule has 1 atom stereocenters. The van der Waals surface area contributed by atoms with Gasteiger partial charge in [-0.15, -0.1) is 0 Å². The molecule has 0 saturated carbocycles. The molecule has 20 heavy (non-hydrogen) atoms. The molecule has 2 rings (SSSR count). The van der Waals surface area contributed by atoms with Gasteiger partial charge in [-0.25, -0.2) is 0 Å². The standard InChI is InChI=1S/C15H21NO4/c1-11(16-17)12-5-6-14(15(10-12)18-2)20-9-7-13-4-3-8-19-13/h5-6,10,13,17H,3-4,7-9H2,1-2H3. The van der Waals surface area contributed by atoms with Gasteiger partial charge in [0.1, 0.15) is 0 Å². The van der Waals surface area contributed by atoms with Gasteiger partial charge in [-0.2, -0.15) is 0 Å². The first-order valence-corrected chi connectivity index (χ1v) is 6.86. The van der Waals surface area contributed by atoms with Gasteiger partial charge in [0.15, 0.2) is 11.5 Å². The van der Waals surface area contributed by atoms with Crippen molar-refractivity contribution in [3.63, 3.8) is 0 Å². The lowest BCUT2D eigenvalue weighted by Crippen LogP contribution is -2.11. The minimum absolute atomic E-state index is 0.323. The van der Waals surface area contributed by atoms with Crippen LogP contribution in [0.25, 0.3) is 0 Å². The van der Waals surface area contributed by atoms with Crippen molar-refractivity contribution in [2.24, 2.45) is 5.16 Å². The molecule has 0 aromatic heterocycles. The van der Waals surface area contributed by atoms with Crippen molar-refractivity contribution < 1.29 is 19.4 Å². The quantitative estimate of drug-likeness (QED) is 0.494. The summed E-state index contributed by atoms with van der Waals surface area (Å²) < 4.78 is 16.6. The molecule has 1 aliphatic heterocycles. The van der Waals surface area contributed by atoms with Crippen LogP contribution in [0.5, 0.6) is 11.5 Å². The minimum Gasteiger partial charge on any atom is -0.493 e. The lowest BCUT2D eigenvalue weighted by molar-refractivity contribution is 0.0899. The summed E-state index contributed by atoms with van der Waals surface area (Å²) in [4.78, 5) is 0. The van der Waals surface area contributed by atoms with Gasteiger partial charge < -0.3 is 19.4 Å². The van der Waals surface area contributed by atoms with E-state index in [-0.39, 0.29) is 0 Å². The van der Waals surface area contributed by atoms with Crippen LogP contribution in [0.3, 0.4) is 0 Å². The van der Waals surface area contributed by atoms with Crippen LogP contribution in [0.1, 0.15) is 31.7 Å². The summed E-state index contributed by atoms with van der Waals surface area (Å²) >= 11 is 0. The molecular formula is C15H21NO4. The Morgan fingerprint density at radius 1 is 1.45 bits per heavy atom. The maximum atomic E-state index is 8.79. The Bertz CT molecular complexity index is 467. The van der Waals surface area contributed by atoms with Gasteiger partial charge in [0.2, 0.25) is 0 Å². The van der Waals surface area contributed by atoms with E-state index in [9.17, 15) is 0 Å². The minimum atomic E-state index is 0.323. The third kappa shape index (κ3) is 3.63. The summed E-state index contributed by atoms with van der Waals surface area (Å²) in [7, 11) is 1.59. The van der Waals surface area contributed by atoms with E-state index in [1.54, 1.807) is 20.1 Å². The first-order valence-electron chi connectivity index (χ1n) is 6.86. The number of hydrogen-bond acceptors (Lipinski definition) is 5. The average Bonchev–Trinajstić information content (AvgIpc) is 3.00. The smallest absolute Gasteiger partial charge is 0.161 e. The van der Waals surface area contributed by atoms with Gasteiger partial charge in [0, 0.05) is 18.6 Å². The molecule has 1 aromatic carbocycles. The summed E-state index contributed by atoms with van der Waals surface area (Å²) in [5.41, 5.74) is 1.34. The van der Waals surface area contributed by atoms with Gasteiger partial charge in [-0.1, -0.05) is 5.16 Å². The van der Waals surface area contributed by atoms with E-state index in [1.165, 1.54) is 0 Å². The predicted octanol–water partition coefficient (Wildman–Crippen LogP) is 2.84. The maximum Gasteiger partial charge on any atom is 0.161 e. The van der Waals surface area contributed by atoms with Crippen molar-refractivity contribution in [3.8, 4) is 11.5 Å². The molecule has 1 N–H and O–H groups in total. The second-order valence-electron chi connectivity index (χ2n) is 4.82. The van der Waals surface area contributed by atoms with Crippen LogP contribution in [-0.4, -0.2) is 37.3 Å². The zero-order valence-corrected chi connectivity index (χ0v) is 12.0. The van der Waals surface area contributed by atoms with Crippen molar-refractivity contribution in [2.75, 3.05) is 20.3 Å². The highest BCUT2D eigenvalue weighted by molar-refractivity contribution is 5.98. The molecule has 0 radical (unpaired) electrons. The number of hydrogen-bond donors (Lipinski definition) is 1. The molecule has 1 saturated heterocycles. The highest BCUT2D eigenvalue weighted by atomic mass is 16.5. The van der Waals surface area contributed by atoms with Gasteiger partial charge >= 0.3 is 0 Å². The number of benzene rings is 1. The average molecular weight is 279 g/mol. The highest BCUT2D eigenvalue weighted by Gasteiger charge is 2.15. The van der Waals surface area contributed by atoms with Crippen LogP contribution in [0.15, 0.2) is 23.4 Å². The highest BCUT2D eigenvalue weighted by Crippen LogP contribution is 2.29. The fraction of sp³-hybridized carbons (Fsp3) is 0.533. The molecule has 5 heteroatoms. The third-order valence-electron chi connectivity index (χ3n) is 3.45. The van der Waals surface area contributed by atoms with E-state index in [2.05, 4.69) is 5.16 Å². The van der Waals surface area contributed by atoms with Gasteiger partial charge in [0.25, 0.3) is 0 Å². The summed E-state index contributed by atoms with van der Waals surface area (Å²) in [6, 6.07) is 5.48. The number of rotatable bonds is 6. The van der Waals surface area contributed by atoms with E-state index >= 15 is 0 Å². The summed E-state index contributed by atoms with van der Waals surface area (Å²) in [6.45, 7) is 3.20. The first kappa shape index (κ1) is 14.7. The summed E-state index contributed by atoms with van der Waals surface area (Å²) in [5.74, 6) is 1.33. The number of ether oxygens (including phenoxy) is 3.